The van der Waals surface area contributed by atoms with Gasteiger partial charge >= 0.3 is 0 Å². The van der Waals surface area contributed by atoms with Gasteiger partial charge < -0.3 is 16.4 Å². The molecule has 0 saturated carbocycles. The molecule has 0 radical (unpaired) electrons. The van der Waals surface area contributed by atoms with Crippen LogP contribution in [0.2, 0.25) is 0 Å². The van der Waals surface area contributed by atoms with Crippen LogP contribution in [-0.2, 0) is 0 Å². The summed E-state index contributed by atoms with van der Waals surface area (Å²) in [6.45, 7) is 2.48. The van der Waals surface area contributed by atoms with Crippen LogP contribution in [0, 0.1) is 0 Å². The van der Waals surface area contributed by atoms with Gasteiger partial charge in [0.1, 0.15) is 0 Å². The summed E-state index contributed by atoms with van der Waals surface area (Å²) in [5.41, 5.74) is 5.68. The highest BCUT2D eigenvalue weighted by atomic mass is 35.5. The third-order valence-electron chi connectivity index (χ3n) is 2.00. The number of aromatic nitrogens is 2. The highest BCUT2D eigenvalue weighted by Gasteiger charge is 2.11. The van der Waals surface area contributed by atoms with Crippen molar-refractivity contribution in [1.29, 1.82) is 0 Å². The van der Waals surface area contributed by atoms with Crippen LogP contribution in [0.3, 0.4) is 0 Å². The molecule has 8 heteroatoms. The monoisotopic (exact) mass is 281 g/mol. The Labute approximate surface area is 113 Å². The maximum Gasteiger partial charge on any atom is 0.273 e. The molecule has 1 aromatic heterocycles. The second-order valence-corrected chi connectivity index (χ2v) is 3.19. The Morgan fingerprint density at radius 1 is 1.41 bits per heavy atom. The number of rotatable bonds is 4. The van der Waals surface area contributed by atoms with E-state index in [4.69, 9.17) is 5.73 Å². The number of likely N-dealkylation sites (N-methyl/N-ethyl adjacent to an activating group) is 1. The van der Waals surface area contributed by atoms with Gasteiger partial charge in [-0.1, -0.05) is 0 Å². The number of halogens is 2. The van der Waals surface area contributed by atoms with Crippen molar-refractivity contribution >= 4 is 36.5 Å². The maximum absolute atomic E-state index is 11.6. The Balaban J connectivity index is 0. The number of anilines is 1. The molecule has 1 amide bonds. The van der Waals surface area contributed by atoms with Crippen LogP contribution in [0.4, 0.5) is 5.82 Å². The number of hydrogen-bond acceptors (Lipinski definition) is 5. The van der Waals surface area contributed by atoms with Crippen molar-refractivity contribution in [2.24, 2.45) is 0 Å². The molecule has 1 rings (SSSR count). The normalized spacial score (nSPS) is 10.7. The van der Waals surface area contributed by atoms with Gasteiger partial charge in [-0.25, -0.2) is 9.97 Å². The summed E-state index contributed by atoms with van der Waals surface area (Å²) < 4.78 is 0. The van der Waals surface area contributed by atoms with Crippen LogP contribution in [0.25, 0.3) is 0 Å². The zero-order valence-corrected chi connectivity index (χ0v) is 11.3. The van der Waals surface area contributed by atoms with E-state index in [2.05, 4.69) is 20.6 Å². The molecule has 1 aromatic rings. The highest BCUT2D eigenvalue weighted by Crippen LogP contribution is 2.01. The lowest BCUT2D eigenvalue weighted by Gasteiger charge is -2.11. The molecule has 0 aliphatic carbocycles. The molecule has 17 heavy (non-hydrogen) atoms. The number of nitrogens with zero attached hydrogens (tertiary/aromatic N) is 2. The number of amides is 1. The molecule has 0 aliphatic heterocycles. The van der Waals surface area contributed by atoms with Crippen LogP contribution in [0.15, 0.2) is 12.4 Å². The number of hydrogen-bond donors (Lipinski definition) is 3. The summed E-state index contributed by atoms with van der Waals surface area (Å²) in [4.78, 5) is 19.2. The summed E-state index contributed by atoms with van der Waals surface area (Å²) in [5.74, 6) is -0.158. The SMILES string of the molecule is CNC(C)CNC(=O)c1nccnc1N.Cl.Cl. The molecule has 1 heterocycles. The standard InChI is InChI=1S/C9H15N5O.2ClH/c1-6(11-2)5-14-9(15)7-8(10)13-4-3-12-7;;/h3-4,6,11H,5H2,1-2H3,(H2,10,13)(H,14,15);2*1H. The van der Waals surface area contributed by atoms with Crippen molar-refractivity contribution in [3.63, 3.8) is 0 Å². The summed E-state index contributed by atoms with van der Waals surface area (Å²) in [7, 11) is 1.83. The summed E-state index contributed by atoms with van der Waals surface area (Å²) in [5, 5.41) is 5.71. The lowest BCUT2D eigenvalue weighted by Crippen LogP contribution is -2.37. The number of nitrogen functional groups attached to an aromatic ring is 1. The predicted octanol–water partition coefficient (Wildman–Crippen LogP) is 0.240. The molecule has 6 nitrogen and oxygen atoms in total. The zero-order chi connectivity index (χ0) is 11.3. The van der Waals surface area contributed by atoms with E-state index in [1.54, 1.807) is 0 Å². The van der Waals surface area contributed by atoms with E-state index in [0.717, 1.165) is 0 Å². The summed E-state index contributed by atoms with van der Waals surface area (Å²) in [6.07, 6.45) is 2.88. The summed E-state index contributed by atoms with van der Waals surface area (Å²) in [6, 6.07) is 0.201. The highest BCUT2D eigenvalue weighted by molar-refractivity contribution is 5.96. The van der Waals surface area contributed by atoms with Gasteiger partial charge in [0.05, 0.1) is 0 Å². The van der Waals surface area contributed by atoms with Crippen molar-refractivity contribution in [3.05, 3.63) is 18.1 Å². The van der Waals surface area contributed by atoms with E-state index >= 15 is 0 Å². The van der Waals surface area contributed by atoms with Gasteiger partial charge in [0.2, 0.25) is 0 Å². The average molecular weight is 282 g/mol. The van der Waals surface area contributed by atoms with Gasteiger partial charge in [0, 0.05) is 25.0 Å². The number of carbonyl (C=O) groups excluding carboxylic acids is 1. The lowest BCUT2D eigenvalue weighted by molar-refractivity contribution is 0.0946. The Morgan fingerprint density at radius 2 is 2.00 bits per heavy atom. The number of nitrogens with two attached hydrogens (primary N) is 1. The molecule has 4 N–H and O–H groups in total. The zero-order valence-electron chi connectivity index (χ0n) is 9.64. The van der Waals surface area contributed by atoms with E-state index in [1.165, 1.54) is 12.4 Å². The first-order valence-electron chi connectivity index (χ1n) is 4.67. The minimum Gasteiger partial charge on any atom is -0.382 e. The van der Waals surface area contributed by atoms with Crippen molar-refractivity contribution < 1.29 is 4.79 Å². The minimum absolute atomic E-state index is 0. The second-order valence-electron chi connectivity index (χ2n) is 3.19. The first kappa shape index (κ1) is 18.3. The predicted molar refractivity (Wildman–Crippen MR) is 71.8 cm³/mol. The Kier molecular flexibility index (Phi) is 9.64. The molecular weight excluding hydrogens is 265 g/mol. The Hall–Kier alpha value is -1.11. The number of carbonyl (C=O) groups is 1. The van der Waals surface area contributed by atoms with Gasteiger partial charge in [-0.2, -0.15) is 0 Å². The van der Waals surface area contributed by atoms with Crippen LogP contribution < -0.4 is 16.4 Å². The van der Waals surface area contributed by atoms with E-state index in [1.807, 2.05) is 14.0 Å². The molecular formula is C9H17Cl2N5O. The van der Waals surface area contributed by atoms with Crippen LogP contribution in [0.1, 0.15) is 17.4 Å². The van der Waals surface area contributed by atoms with Gasteiger partial charge in [0.25, 0.3) is 5.91 Å². The minimum atomic E-state index is -0.303. The van der Waals surface area contributed by atoms with Crippen LogP contribution in [0.5, 0.6) is 0 Å². The fraction of sp³-hybridized carbons (Fsp3) is 0.444. The van der Waals surface area contributed by atoms with Gasteiger partial charge in [-0.15, -0.1) is 24.8 Å². The molecule has 0 spiro atoms. The quantitative estimate of drug-likeness (QED) is 0.735. The van der Waals surface area contributed by atoms with Gasteiger partial charge in [-0.3, -0.25) is 4.79 Å². The van der Waals surface area contributed by atoms with Crippen molar-refractivity contribution in [2.75, 3.05) is 19.3 Å². The lowest BCUT2D eigenvalue weighted by atomic mass is 10.3. The first-order valence-corrected chi connectivity index (χ1v) is 4.67. The topological polar surface area (TPSA) is 92.9 Å². The van der Waals surface area contributed by atoms with Crippen molar-refractivity contribution in [3.8, 4) is 0 Å². The molecule has 1 atom stereocenters. The fourth-order valence-corrected chi connectivity index (χ4v) is 0.955. The fourth-order valence-electron chi connectivity index (χ4n) is 0.955. The third kappa shape index (κ3) is 5.67. The molecule has 1 unspecified atom stereocenters. The van der Waals surface area contributed by atoms with E-state index in [0.29, 0.717) is 6.54 Å². The van der Waals surface area contributed by atoms with Gasteiger partial charge in [0.15, 0.2) is 11.5 Å². The van der Waals surface area contributed by atoms with E-state index in [9.17, 15) is 4.79 Å². The molecule has 0 fully saturated rings. The first-order chi connectivity index (χ1) is 7.15. The smallest absolute Gasteiger partial charge is 0.273 e. The average Bonchev–Trinajstić information content (AvgIpc) is 2.26. The van der Waals surface area contributed by atoms with Crippen LogP contribution in [-0.4, -0.2) is 35.5 Å². The van der Waals surface area contributed by atoms with Crippen molar-refractivity contribution in [2.45, 2.75) is 13.0 Å². The molecule has 0 aromatic carbocycles. The number of nitrogens with one attached hydrogen (secondary N) is 2. The Bertz CT molecular complexity index is 350. The van der Waals surface area contributed by atoms with Gasteiger partial charge in [-0.05, 0) is 14.0 Å². The van der Waals surface area contributed by atoms with Crippen molar-refractivity contribution in [1.82, 2.24) is 20.6 Å². The molecule has 0 saturated heterocycles. The second kappa shape index (κ2) is 8.98. The molecule has 0 bridgehead atoms. The Morgan fingerprint density at radius 3 is 2.53 bits per heavy atom. The largest absolute Gasteiger partial charge is 0.382 e. The molecule has 98 valence electrons. The molecule has 0 aliphatic rings. The third-order valence-corrected chi connectivity index (χ3v) is 2.00. The van der Waals surface area contributed by atoms with E-state index in [-0.39, 0.29) is 48.3 Å². The summed E-state index contributed by atoms with van der Waals surface area (Å²) >= 11 is 0. The van der Waals surface area contributed by atoms with Crippen LogP contribution >= 0.6 is 24.8 Å². The van der Waals surface area contributed by atoms with E-state index < -0.39 is 0 Å². The maximum atomic E-state index is 11.6.